The maximum Gasteiger partial charge on any atom is 0.334 e. The van der Waals surface area contributed by atoms with E-state index in [1.54, 1.807) is 14.0 Å². The number of amides is 1. The number of nitrogens with two attached hydrogens (primary N) is 1. The molecule has 71 heavy (non-hydrogen) atoms. The number of aromatic amines is 1. The summed E-state index contributed by atoms with van der Waals surface area (Å²) < 4.78 is 111. The smallest absolute Gasteiger partial charge is 0.334 e. The Morgan fingerprint density at radius 1 is 0.944 bits per heavy atom. The van der Waals surface area contributed by atoms with E-state index < -0.39 is 137 Å². The van der Waals surface area contributed by atoms with Gasteiger partial charge < -0.3 is 73.6 Å². The average Bonchev–Trinajstić information content (AvgIpc) is 4.10. The normalized spacial score (nSPS) is 32.3. The summed E-state index contributed by atoms with van der Waals surface area (Å²) in [6.45, 7) is 5.48. The lowest BCUT2D eigenvalue weighted by atomic mass is 10.1. The van der Waals surface area contributed by atoms with Crippen LogP contribution in [0.25, 0.3) is 11.2 Å². The Kier molecular flexibility index (Phi) is 15.8. The number of anilines is 3. The monoisotopic (exact) mass is 1080 g/mol. The van der Waals surface area contributed by atoms with E-state index in [1.807, 2.05) is 0 Å². The summed E-state index contributed by atoms with van der Waals surface area (Å²) in [5, 5.41) is 38.0. The summed E-state index contributed by atoms with van der Waals surface area (Å²) in [6.07, 6.45) is -9.62. The van der Waals surface area contributed by atoms with Crippen LogP contribution in [0.4, 0.5) is 17.5 Å². The van der Waals surface area contributed by atoms with Crippen molar-refractivity contribution < 1.29 is 84.0 Å². The number of nitrogens with zero attached hydrogens (tertiary/aromatic N) is 9. The van der Waals surface area contributed by atoms with E-state index in [0.717, 1.165) is 19.4 Å². The van der Waals surface area contributed by atoms with Crippen molar-refractivity contribution in [2.24, 2.45) is 5.18 Å². The van der Waals surface area contributed by atoms with Crippen LogP contribution in [0.2, 0.25) is 0 Å². The molecule has 3 saturated heterocycles. The lowest BCUT2D eigenvalue weighted by Gasteiger charge is -2.32. The van der Waals surface area contributed by atoms with E-state index in [1.165, 1.54) is 45.2 Å². The summed E-state index contributed by atoms with van der Waals surface area (Å²) in [5.74, 6) is -0.561. The Morgan fingerprint density at radius 2 is 1.65 bits per heavy atom. The van der Waals surface area contributed by atoms with Crippen LogP contribution in [-0.2, 0) is 68.7 Å². The maximum absolute atomic E-state index is 14.1. The highest BCUT2D eigenvalue weighted by atomic mass is 31.3. The highest BCUT2D eigenvalue weighted by Gasteiger charge is 2.53. The molecule has 0 spiro atoms. The quantitative estimate of drug-likeness (QED) is 0.0619. The lowest BCUT2D eigenvalue weighted by molar-refractivity contribution is -0.118. The Bertz CT molecular complexity index is 2770. The number of methoxy groups -OCH3 is 1. The van der Waals surface area contributed by atoms with Crippen molar-refractivity contribution in [1.82, 2.24) is 39.7 Å². The number of hydrogen-bond acceptors (Lipinski definition) is 29. The molecule has 0 bridgehead atoms. The zero-order chi connectivity index (χ0) is 51.3. The van der Waals surface area contributed by atoms with Crippen molar-refractivity contribution in [3.8, 4) is 0 Å². The molecule has 0 saturated carbocycles. The number of aromatic nitrogens is 6. The molecule has 5 aliphatic heterocycles. The first-order valence-corrected chi connectivity index (χ1v) is 27.6. The topological polar surface area (TPSA) is 405 Å². The molecule has 8 rings (SSSR count). The third-order valence-corrected chi connectivity index (χ3v) is 17.2. The van der Waals surface area contributed by atoms with Crippen molar-refractivity contribution >= 4 is 66.2 Å². The van der Waals surface area contributed by atoms with Gasteiger partial charge in [-0.3, -0.25) is 41.9 Å². The number of aryl methyl sites for hydroxylation is 1. The van der Waals surface area contributed by atoms with Crippen LogP contribution in [0.1, 0.15) is 11.9 Å². The Labute approximate surface area is 402 Å². The van der Waals surface area contributed by atoms with Crippen molar-refractivity contribution in [1.29, 1.82) is 0 Å². The van der Waals surface area contributed by atoms with Gasteiger partial charge in [-0.1, -0.05) is 11.8 Å². The van der Waals surface area contributed by atoms with Gasteiger partial charge in [-0.25, -0.2) is 23.6 Å². The van der Waals surface area contributed by atoms with Crippen molar-refractivity contribution in [3.05, 3.63) is 58.3 Å². The number of nitroso groups, excluding NO2 is 1. The zero-order valence-corrected chi connectivity index (χ0v) is 41.8. The van der Waals surface area contributed by atoms with Crippen LogP contribution in [0.15, 0.2) is 47.3 Å². The number of imidazole rings is 1. The maximum atomic E-state index is 14.1. The molecule has 390 valence electrons. The van der Waals surface area contributed by atoms with Gasteiger partial charge in [0.25, 0.3) is 11.5 Å². The van der Waals surface area contributed by atoms with Crippen LogP contribution >= 0.6 is 31.7 Å². The number of H-pyrrole nitrogens is 1. The minimum Gasteiger partial charge on any atom is -0.387 e. The van der Waals surface area contributed by atoms with Gasteiger partial charge in [0.05, 0.1) is 38.5 Å². The van der Waals surface area contributed by atoms with Crippen molar-refractivity contribution in [3.63, 3.8) is 0 Å². The molecule has 32 nitrogen and oxygen atoms in total. The summed E-state index contributed by atoms with van der Waals surface area (Å²) in [6, 6.07) is -1.48. The molecule has 1 amide bonds. The van der Waals surface area contributed by atoms with Crippen LogP contribution in [0.3, 0.4) is 0 Å². The van der Waals surface area contributed by atoms with Gasteiger partial charge in [0, 0.05) is 39.8 Å². The summed E-state index contributed by atoms with van der Waals surface area (Å²) >= 11 is 0. The molecule has 0 aliphatic carbocycles. The van der Waals surface area contributed by atoms with Crippen LogP contribution in [0, 0.1) is 11.8 Å². The first-order chi connectivity index (χ1) is 33.6. The van der Waals surface area contributed by atoms with Crippen molar-refractivity contribution in [2.75, 3.05) is 69.5 Å². The largest absolute Gasteiger partial charge is 0.387 e. The van der Waals surface area contributed by atoms with E-state index in [0.29, 0.717) is 16.9 Å². The second-order valence-corrected chi connectivity index (χ2v) is 23.2. The minimum atomic E-state index is -4.43. The summed E-state index contributed by atoms with van der Waals surface area (Å²) in [4.78, 5) is 59.6. The number of aliphatic hydroxyl groups is 3. The van der Waals surface area contributed by atoms with Gasteiger partial charge in [0.15, 0.2) is 36.2 Å². The molecular formula is C35H50N12O20P4. The molecule has 0 radical (unpaired) electrons. The number of nitrogen functional groups attached to an aromatic ring is 1. The lowest BCUT2D eigenvalue weighted by Crippen LogP contribution is -2.46. The van der Waals surface area contributed by atoms with Gasteiger partial charge in [0.2, 0.25) is 5.95 Å². The van der Waals surface area contributed by atoms with E-state index in [2.05, 4.69) is 42.0 Å². The second kappa shape index (κ2) is 21.2. The first kappa shape index (κ1) is 52.9. The number of ether oxygens (including phenoxy) is 4. The van der Waals surface area contributed by atoms with Crippen molar-refractivity contribution in [2.45, 2.75) is 80.5 Å². The predicted octanol–water partition coefficient (Wildman–Crippen LogP) is -0.396. The van der Waals surface area contributed by atoms with E-state index in [9.17, 15) is 48.1 Å². The van der Waals surface area contributed by atoms with Gasteiger partial charge in [-0.2, -0.15) is 9.89 Å². The number of carbonyl (C=O) groups excluding carboxylic acids is 1. The Hall–Kier alpha value is -4.42. The van der Waals surface area contributed by atoms with E-state index >= 15 is 0 Å². The highest BCUT2D eigenvalue weighted by Crippen LogP contribution is 2.57. The molecule has 0 aromatic carbocycles. The number of hydrogen-bond donors (Lipinski definition) is 6. The van der Waals surface area contributed by atoms with Crippen LogP contribution < -0.4 is 26.4 Å². The molecule has 3 aromatic rings. The summed E-state index contributed by atoms with van der Waals surface area (Å²) in [7, 11) is -13.5. The molecule has 36 heteroatoms. The van der Waals surface area contributed by atoms with Gasteiger partial charge in [-0.15, -0.1) is 0 Å². The SMILES string of the molecule is C=C1NC(=O)C=CN1C1OC(COP(C)(=O)OC2C(COP(C)(=O)O[PH](=O)O[PH](=O)OCC3OC(N4CN(C)c5c4nc(N)[nH]c5=O)C(O)C3N=O)OC(n3cnc4c(C)ncnc43)C2OC)C(O)C1O. The van der Waals surface area contributed by atoms with Crippen LogP contribution in [0.5, 0.6) is 0 Å². The van der Waals surface area contributed by atoms with E-state index in [-0.39, 0.29) is 29.9 Å². The van der Waals surface area contributed by atoms with Crippen LogP contribution in [-0.4, -0.2) is 177 Å². The molecule has 3 aromatic heterocycles. The van der Waals surface area contributed by atoms with Gasteiger partial charge in [-0.05, 0) is 6.92 Å². The number of rotatable bonds is 20. The molecule has 16 atom stereocenters. The van der Waals surface area contributed by atoms with Gasteiger partial charge >= 0.3 is 31.7 Å². The fourth-order valence-corrected chi connectivity index (χ4v) is 12.8. The number of nitrogens with one attached hydrogen (secondary N) is 2. The number of fused-ring (bicyclic) bond motifs is 2. The second-order valence-electron chi connectivity index (χ2n) is 16.5. The zero-order valence-electron chi connectivity index (χ0n) is 38.1. The molecule has 16 unspecified atom stereocenters. The third kappa shape index (κ3) is 11.1. The molecule has 8 heterocycles. The minimum absolute atomic E-state index is 0.0121. The molecule has 5 aliphatic rings. The third-order valence-electron chi connectivity index (χ3n) is 11.7. The molecular weight excluding hydrogens is 1030 g/mol. The first-order valence-electron chi connectivity index (χ1n) is 21.1. The van der Waals surface area contributed by atoms with Gasteiger partial charge in [0.1, 0.15) is 72.2 Å². The fraction of sp³-hybridized carbons (Fsp3) is 0.600. The Balaban J connectivity index is 0.895. The standard InChI is InChI=1S/C35H50N12O20P4/c1-15-21-29(38-12-37-15)46(13-39-21)34-28(58-4)27(65-70(5,56)60-10-18-24(49)26(51)33(63-18)45-8-7-20(48)40-16(45)2)19(64-34)11-61-71(6,57)67-69(55)66-68(54)59-9-17-22(43-53)25(50)32(62-17)47-14-44(3)23-30(47)41-35(36)42-31(23)52/h7-8,12-13,17-19,22,24-28,32-34,49-51,68-69H,2,9-11,14H2,1,3-6H3,(H,40,48)(H3,36,41,42,52). The average molecular weight is 1080 g/mol. The molecule has 3 fully saturated rings. The fourth-order valence-electron chi connectivity index (χ4n) is 8.36. The van der Waals surface area contributed by atoms with E-state index in [4.69, 9.17) is 51.4 Å². The number of aliphatic hydroxyl groups excluding tert-OH is 3. The highest BCUT2D eigenvalue weighted by molar-refractivity contribution is 7.61. The molecule has 7 N–H and O–H groups in total. The predicted molar refractivity (Wildman–Crippen MR) is 243 cm³/mol. The number of carbonyl (C=O) groups is 1. The Morgan fingerprint density at radius 3 is 2.37 bits per heavy atom. The summed E-state index contributed by atoms with van der Waals surface area (Å²) in [5.41, 5.74) is 6.53.